The molecule has 0 fully saturated rings. The van der Waals surface area contributed by atoms with E-state index in [1.807, 2.05) is 36.5 Å². The van der Waals surface area contributed by atoms with Crippen molar-refractivity contribution in [3.8, 4) is 0 Å². The molecule has 5 heteroatoms. The van der Waals surface area contributed by atoms with E-state index < -0.39 is 0 Å². The van der Waals surface area contributed by atoms with Crippen LogP contribution in [0.3, 0.4) is 0 Å². The van der Waals surface area contributed by atoms with Crippen molar-refractivity contribution in [2.24, 2.45) is 16.3 Å². The number of para-hydroxylation sites is 1. The average Bonchev–Trinajstić information content (AvgIpc) is 3.22. The van der Waals surface area contributed by atoms with Crippen molar-refractivity contribution in [2.75, 3.05) is 23.3 Å². The zero-order valence-electron chi connectivity index (χ0n) is 21.6. The molecule has 3 aromatic rings. The van der Waals surface area contributed by atoms with Gasteiger partial charge in [0.25, 0.3) is 5.91 Å². The molecule has 0 radical (unpaired) electrons. The van der Waals surface area contributed by atoms with Crippen molar-refractivity contribution in [3.63, 3.8) is 0 Å². The van der Waals surface area contributed by atoms with Crippen molar-refractivity contribution in [2.45, 2.75) is 53.9 Å². The summed E-state index contributed by atoms with van der Waals surface area (Å²) in [5, 5.41) is 3.91. The Morgan fingerprint density at radius 2 is 1.77 bits per heavy atom. The fourth-order valence-corrected chi connectivity index (χ4v) is 6.11. The summed E-state index contributed by atoms with van der Waals surface area (Å²) in [6, 6.07) is 18.2. The second kappa shape index (κ2) is 10.8. The average molecular weight is 488 g/mol. The number of nitrogens with one attached hydrogen (secondary N) is 1. The molecule has 4 rings (SSSR count). The molecule has 1 aromatic heterocycles. The Bertz CT molecular complexity index is 1170. The number of nitrogens with zero attached hydrogens (tertiary/aromatic N) is 2. The smallest absolute Gasteiger partial charge is 0.259 e. The van der Waals surface area contributed by atoms with Gasteiger partial charge in [-0.1, -0.05) is 51.1 Å². The van der Waals surface area contributed by atoms with Crippen LogP contribution in [0.25, 0.3) is 0 Å². The topological polar surface area (TPSA) is 44.7 Å². The largest absolute Gasteiger partial charge is 0.372 e. The summed E-state index contributed by atoms with van der Waals surface area (Å²) in [7, 11) is 0. The molecule has 2 aromatic carbocycles. The van der Waals surface area contributed by atoms with Crippen LogP contribution in [0.1, 0.15) is 67.4 Å². The molecule has 1 atom stereocenters. The number of rotatable bonds is 7. The SMILES string of the molecule is CCN(CC)c1ccc(C=Nc2sc3c(c2C(=O)Nc2ccccc2)CC[C@@H](C(C)(C)C)C3)cc1. The van der Waals surface area contributed by atoms with Gasteiger partial charge < -0.3 is 10.2 Å². The molecule has 1 N–H and O–H groups in total. The number of thiophene rings is 1. The third kappa shape index (κ3) is 5.84. The summed E-state index contributed by atoms with van der Waals surface area (Å²) in [6.45, 7) is 13.3. The lowest BCUT2D eigenvalue weighted by molar-refractivity contribution is 0.102. The van der Waals surface area contributed by atoms with Gasteiger partial charge in [-0.3, -0.25) is 4.79 Å². The number of hydrogen-bond donors (Lipinski definition) is 1. The minimum absolute atomic E-state index is 0.0630. The summed E-state index contributed by atoms with van der Waals surface area (Å²) in [6.07, 6.45) is 4.95. The van der Waals surface area contributed by atoms with E-state index in [1.54, 1.807) is 11.3 Å². The summed E-state index contributed by atoms with van der Waals surface area (Å²) in [5.74, 6) is 0.551. The van der Waals surface area contributed by atoms with Crippen LogP contribution >= 0.6 is 11.3 Å². The van der Waals surface area contributed by atoms with Gasteiger partial charge >= 0.3 is 0 Å². The van der Waals surface area contributed by atoms with E-state index in [4.69, 9.17) is 4.99 Å². The first-order chi connectivity index (χ1) is 16.8. The monoisotopic (exact) mass is 487 g/mol. The van der Waals surface area contributed by atoms with Gasteiger partial charge in [-0.2, -0.15) is 0 Å². The summed E-state index contributed by atoms with van der Waals surface area (Å²) >= 11 is 1.69. The van der Waals surface area contributed by atoms with Crippen LogP contribution < -0.4 is 10.2 Å². The number of benzene rings is 2. The van der Waals surface area contributed by atoms with Crippen molar-refractivity contribution in [3.05, 3.63) is 76.2 Å². The van der Waals surface area contributed by atoms with Crippen LogP contribution in [-0.4, -0.2) is 25.2 Å². The van der Waals surface area contributed by atoms with E-state index in [0.29, 0.717) is 5.92 Å². The predicted molar refractivity (Wildman–Crippen MR) is 151 cm³/mol. The third-order valence-corrected chi connectivity index (χ3v) is 8.25. The lowest BCUT2D eigenvalue weighted by atomic mass is 9.72. The first-order valence-corrected chi connectivity index (χ1v) is 13.5. The van der Waals surface area contributed by atoms with Crippen LogP contribution in [0.5, 0.6) is 0 Å². The fourth-order valence-electron chi connectivity index (χ4n) is 4.84. The zero-order valence-corrected chi connectivity index (χ0v) is 22.4. The van der Waals surface area contributed by atoms with Gasteiger partial charge in [-0.15, -0.1) is 11.3 Å². The highest BCUT2D eigenvalue weighted by Crippen LogP contribution is 2.45. The number of anilines is 2. The molecule has 0 unspecified atom stereocenters. The molecule has 4 nitrogen and oxygen atoms in total. The van der Waals surface area contributed by atoms with Crippen LogP contribution in [0.2, 0.25) is 0 Å². The summed E-state index contributed by atoms with van der Waals surface area (Å²) in [4.78, 5) is 22.0. The number of carbonyl (C=O) groups excluding carboxylic acids is 1. The van der Waals surface area contributed by atoms with Crippen molar-refractivity contribution < 1.29 is 4.79 Å². The van der Waals surface area contributed by atoms with Gasteiger partial charge in [0, 0.05) is 35.6 Å². The predicted octanol–water partition coefficient (Wildman–Crippen LogP) is 7.75. The number of amides is 1. The maximum absolute atomic E-state index is 13.5. The quantitative estimate of drug-likeness (QED) is 0.346. The maximum Gasteiger partial charge on any atom is 0.259 e. The maximum atomic E-state index is 13.5. The van der Waals surface area contributed by atoms with E-state index in [2.05, 4.69) is 69.1 Å². The molecule has 0 aliphatic heterocycles. The third-order valence-electron chi connectivity index (χ3n) is 7.08. The van der Waals surface area contributed by atoms with E-state index >= 15 is 0 Å². The highest BCUT2D eigenvalue weighted by Gasteiger charge is 2.33. The number of carbonyl (C=O) groups is 1. The van der Waals surface area contributed by atoms with Gasteiger partial charge in [0.15, 0.2) is 0 Å². The van der Waals surface area contributed by atoms with Gasteiger partial charge in [-0.05, 0) is 79.8 Å². The molecule has 35 heavy (non-hydrogen) atoms. The fraction of sp³-hybridized carbons (Fsp3) is 0.400. The van der Waals surface area contributed by atoms with E-state index in [1.165, 1.54) is 16.1 Å². The zero-order chi connectivity index (χ0) is 25.0. The van der Waals surface area contributed by atoms with Crippen LogP contribution in [0.15, 0.2) is 59.6 Å². The lowest BCUT2D eigenvalue weighted by Gasteiger charge is -2.33. The number of hydrogen-bond acceptors (Lipinski definition) is 4. The number of aliphatic imine (C=N–C) groups is 1. The first kappa shape index (κ1) is 25.2. The number of fused-ring (bicyclic) bond motifs is 1. The molecule has 1 heterocycles. The highest BCUT2D eigenvalue weighted by molar-refractivity contribution is 7.16. The van der Waals surface area contributed by atoms with Crippen LogP contribution in [-0.2, 0) is 12.8 Å². The molecule has 1 aliphatic carbocycles. The molecule has 1 amide bonds. The molecule has 0 bridgehead atoms. The Labute approximate surface area is 214 Å². The molecular formula is C30H37N3OS. The first-order valence-electron chi connectivity index (χ1n) is 12.7. The van der Waals surface area contributed by atoms with Gasteiger partial charge in [0.2, 0.25) is 0 Å². The van der Waals surface area contributed by atoms with Gasteiger partial charge in [0.05, 0.1) is 5.56 Å². The standard InChI is InChI=1S/C30H37N3OS/c1-6-33(7-2)24-16-13-21(14-17-24)20-31-29-27(28(34)32-23-11-9-8-10-12-23)25-18-15-22(30(3,4)5)19-26(25)35-29/h8-14,16-17,20,22H,6-7,15,18-19H2,1-5H3,(H,32,34)/t22-/m1/s1. The normalized spacial score (nSPS) is 15.7. The molecule has 0 saturated heterocycles. The minimum Gasteiger partial charge on any atom is -0.372 e. The Balaban J connectivity index is 1.65. The van der Waals surface area contributed by atoms with Crippen molar-refractivity contribution in [1.29, 1.82) is 0 Å². The second-order valence-electron chi connectivity index (χ2n) is 10.3. The summed E-state index contributed by atoms with van der Waals surface area (Å²) in [5.41, 5.74) is 5.25. The van der Waals surface area contributed by atoms with Gasteiger partial charge in [-0.25, -0.2) is 4.99 Å². The molecular weight excluding hydrogens is 450 g/mol. The Morgan fingerprint density at radius 1 is 1.09 bits per heavy atom. The summed E-state index contributed by atoms with van der Waals surface area (Å²) < 4.78 is 0. The second-order valence-corrected chi connectivity index (χ2v) is 11.4. The molecule has 1 aliphatic rings. The van der Waals surface area contributed by atoms with Crippen molar-refractivity contribution in [1.82, 2.24) is 0 Å². The lowest BCUT2D eigenvalue weighted by Crippen LogP contribution is -2.27. The van der Waals surface area contributed by atoms with Gasteiger partial charge in [0.1, 0.15) is 5.00 Å². The van der Waals surface area contributed by atoms with Crippen molar-refractivity contribution >= 4 is 39.8 Å². The van der Waals surface area contributed by atoms with E-state index in [-0.39, 0.29) is 11.3 Å². The minimum atomic E-state index is -0.0630. The van der Waals surface area contributed by atoms with E-state index in [0.717, 1.165) is 54.2 Å². The Kier molecular flexibility index (Phi) is 7.75. The van der Waals surface area contributed by atoms with Crippen LogP contribution in [0.4, 0.5) is 16.4 Å². The molecule has 0 spiro atoms. The Morgan fingerprint density at radius 3 is 2.40 bits per heavy atom. The molecule has 184 valence electrons. The van der Waals surface area contributed by atoms with E-state index in [9.17, 15) is 4.79 Å². The van der Waals surface area contributed by atoms with Crippen LogP contribution in [0, 0.1) is 11.3 Å². The highest BCUT2D eigenvalue weighted by atomic mass is 32.1. The Hall–Kier alpha value is -2.92. The molecule has 0 saturated carbocycles.